The van der Waals surface area contributed by atoms with Crippen LogP contribution in [0.2, 0.25) is 0 Å². The number of Topliss-reactive ketones (excluding diaryl/α,β-unsaturated/α-hetero) is 1. The van der Waals surface area contributed by atoms with Crippen LogP contribution in [0.3, 0.4) is 0 Å². The Morgan fingerprint density at radius 2 is 1.84 bits per heavy atom. The zero-order valence-corrected chi connectivity index (χ0v) is 10.9. The van der Waals surface area contributed by atoms with E-state index in [2.05, 4.69) is 0 Å². The van der Waals surface area contributed by atoms with Crippen LogP contribution in [0, 0.1) is 5.92 Å². The molecular formula is C14H17F3O2. The molecule has 5 heteroatoms. The smallest absolute Gasteiger partial charge is 0.385 e. The Hall–Kier alpha value is -1.36. The monoisotopic (exact) mass is 274 g/mol. The van der Waals surface area contributed by atoms with Crippen molar-refractivity contribution in [2.24, 2.45) is 5.92 Å². The fourth-order valence-electron chi connectivity index (χ4n) is 1.97. The lowest BCUT2D eigenvalue weighted by atomic mass is 9.90. The lowest BCUT2D eigenvalue weighted by molar-refractivity contribution is -0.137. The molecule has 1 rings (SSSR count). The minimum absolute atomic E-state index is 0.103. The topological polar surface area (TPSA) is 37.3 Å². The number of carbonyl (C=O) groups excluding carboxylic acids is 1. The third kappa shape index (κ3) is 3.80. The highest BCUT2D eigenvalue weighted by atomic mass is 19.4. The number of carbonyl (C=O) groups is 1. The molecule has 0 aliphatic heterocycles. The number of aliphatic hydroxyl groups is 1. The molecule has 1 atom stereocenters. The third-order valence-electron chi connectivity index (χ3n) is 3.24. The van der Waals surface area contributed by atoms with E-state index in [0.29, 0.717) is 12.8 Å². The van der Waals surface area contributed by atoms with Crippen molar-refractivity contribution in [2.45, 2.75) is 39.0 Å². The van der Waals surface area contributed by atoms with E-state index < -0.39 is 23.6 Å². The summed E-state index contributed by atoms with van der Waals surface area (Å²) in [6.07, 6.45) is -4.54. The second kappa shape index (κ2) is 6.19. The van der Waals surface area contributed by atoms with Gasteiger partial charge in [0.05, 0.1) is 5.56 Å². The first-order valence-electron chi connectivity index (χ1n) is 6.20. The van der Waals surface area contributed by atoms with Gasteiger partial charge in [0.2, 0.25) is 0 Å². The van der Waals surface area contributed by atoms with E-state index in [-0.39, 0.29) is 11.5 Å². The van der Waals surface area contributed by atoms with E-state index in [9.17, 15) is 23.1 Å². The van der Waals surface area contributed by atoms with Gasteiger partial charge in [-0.2, -0.15) is 13.2 Å². The van der Waals surface area contributed by atoms with Crippen LogP contribution in [0.15, 0.2) is 24.3 Å². The second-order valence-electron chi connectivity index (χ2n) is 4.46. The Kier molecular flexibility index (Phi) is 5.11. The van der Waals surface area contributed by atoms with Gasteiger partial charge in [0.25, 0.3) is 0 Å². The van der Waals surface area contributed by atoms with E-state index >= 15 is 0 Å². The number of hydrogen-bond acceptors (Lipinski definition) is 2. The zero-order valence-electron chi connectivity index (χ0n) is 10.9. The van der Waals surface area contributed by atoms with Crippen molar-refractivity contribution in [2.75, 3.05) is 0 Å². The molecule has 1 unspecified atom stereocenters. The average Bonchev–Trinajstić information content (AvgIpc) is 2.38. The van der Waals surface area contributed by atoms with Crippen LogP contribution in [0.5, 0.6) is 0 Å². The Morgan fingerprint density at radius 1 is 1.26 bits per heavy atom. The molecule has 19 heavy (non-hydrogen) atoms. The minimum Gasteiger partial charge on any atom is -0.385 e. The quantitative estimate of drug-likeness (QED) is 0.831. The molecular weight excluding hydrogens is 257 g/mol. The number of rotatable bonds is 5. The van der Waals surface area contributed by atoms with Crippen molar-refractivity contribution < 1.29 is 23.1 Å². The summed E-state index contributed by atoms with van der Waals surface area (Å²) in [5, 5.41) is 9.89. The summed E-state index contributed by atoms with van der Waals surface area (Å²) >= 11 is 0. The highest BCUT2D eigenvalue weighted by Crippen LogP contribution is 2.30. The molecule has 1 N–H and O–H groups in total. The normalized spacial score (nSPS) is 13.6. The summed E-state index contributed by atoms with van der Waals surface area (Å²) < 4.78 is 37.6. The summed E-state index contributed by atoms with van der Waals surface area (Å²) in [4.78, 5) is 12.0. The van der Waals surface area contributed by atoms with Gasteiger partial charge in [0.1, 0.15) is 6.10 Å². The molecule has 0 aliphatic rings. The Morgan fingerprint density at radius 3 is 2.32 bits per heavy atom. The van der Waals surface area contributed by atoms with E-state index in [0.717, 1.165) is 12.1 Å². The van der Waals surface area contributed by atoms with Crippen molar-refractivity contribution in [1.29, 1.82) is 0 Å². The van der Waals surface area contributed by atoms with Gasteiger partial charge in [-0.15, -0.1) is 0 Å². The van der Waals surface area contributed by atoms with Gasteiger partial charge >= 0.3 is 6.18 Å². The Bertz CT molecular complexity index is 437. The number of aliphatic hydroxyl groups excluding tert-OH is 1. The molecule has 0 saturated heterocycles. The second-order valence-corrected chi connectivity index (χ2v) is 4.46. The van der Waals surface area contributed by atoms with Gasteiger partial charge in [-0.05, 0) is 18.1 Å². The van der Waals surface area contributed by atoms with E-state index in [1.807, 2.05) is 13.8 Å². The van der Waals surface area contributed by atoms with E-state index in [4.69, 9.17) is 0 Å². The first kappa shape index (κ1) is 15.7. The average molecular weight is 274 g/mol. The largest absolute Gasteiger partial charge is 0.416 e. The molecule has 0 aromatic heterocycles. The number of benzene rings is 1. The zero-order chi connectivity index (χ0) is 14.6. The van der Waals surface area contributed by atoms with Crippen LogP contribution < -0.4 is 0 Å². The van der Waals surface area contributed by atoms with Crippen molar-refractivity contribution in [1.82, 2.24) is 0 Å². The van der Waals surface area contributed by atoms with Gasteiger partial charge < -0.3 is 5.11 Å². The van der Waals surface area contributed by atoms with Crippen molar-refractivity contribution in [3.8, 4) is 0 Å². The van der Waals surface area contributed by atoms with Gasteiger partial charge in [0.15, 0.2) is 5.78 Å². The van der Waals surface area contributed by atoms with Crippen molar-refractivity contribution >= 4 is 5.78 Å². The number of halogens is 3. The molecule has 106 valence electrons. The van der Waals surface area contributed by atoms with Gasteiger partial charge in [-0.3, -0.25) is 4.79 Å². The molecule has 0 saturated carbocycles. The lowest BCUT2D eigenvalue weighted by Gasteiger charge is -2.19. The predicted octanol–water partition coefficient (Wildman–Crippen LogP) is 3.69. The standard InChI is InChI=1S/C14H17F3O2/c1-3-9(4-2)12(18)13(19)10-6-5-7-11(8-10)14(15,16)17/h5-9,12,18H,3-4H2,1-2H3. The molecule has 0 fully saturated rings. The predicted molar refractivity (Wildman–Crippen MR) is 65.9 cm³/mol. The van der Waals surface area contributed by atoms with Crippen LogP contribution in [0.25, 0.3) is 0 Å². The maximum Gasteiger partial charge on any atom is 0.416 e. The molecule has 0 bridgehead atoms. The van der Waals surface area contributed by atoms with Crippen molar-refractivity contribution in [3.05, 3.63) is 35.4 Å². The third-order valence-corrected chi connectivity index (χ3v) is 3.24. The van der Waals surface area contributed by atoms with E-state index in [1.165, 1.54) is 12.1 Å². The molecule has 0 amide bonds. The fraction of sp³-hybridized carbons (Fsp3) is 0.500. The van der Waals surface area contributed by atoms with Crippen LogP contribution in [-0.4, -0.2) is 17.0 Å². The maximum absolute atomic E-state index is 12.5. The lowest BCUT2D eigenvalue weighted by Crippen LogP contribution is -2.29. The summed E-state index contributed by atoms with van der Waals surface area (Å²) in [6.45, 7) is 3.66. The molecule has 0 spiro atoms. The van der Waals surface area contributed by atoms with Crippen LogP contribution >= 0.6 is 0 Å². The molecule has 1 aromatic carbocycles. The highest BCUT2D eigenvalue weighted by Gasteiger charge is 2.32. The SMILES string of the molecule is CCC(CC)C(O)C(=O)c1cccc(C(F)(F)F)c1. The summed E-state index contributed by atoms with van der Waals surface area (Å²) in [5.74, 6) is -0.887. The molecule has 0 aliphatic carbocycles. The van der Waals surface area contributed by atoms with Gasteiger partial charge in [0, 0.05) is 5.56 Å². The summed E-state index contributed by atoms with van der Waals surface area (Å²) in [7, 11) is 0. The Labute approximate surface area is 110 Å². The number of hydrogen-bond donors (Lipinski definition) is 1. The molecule has 0 heterocycles. The van der Waals surface area contributed by atoms with Crippen LogP contribution in [0.1, 0.15) is 42.6 Å². The maximum atomic E-state index is 12.5. The number of alkyl halides is 3. The molecule has 0 radical (unpaired) electrons. The first-order valence-corrected chi connectivity index (χ1v) is 6.20. The Balaban J connectivity index is 3.00. The number of ketones is 1. The fourth-order valence-corrected chi connectivity index (χ4v) is 1.97. The minimum atomic E-state index is -4.49. The summed E-state index contributed by atoms with van der Waals surface area (Å²) in [6, 6.07) is 4.16. The highest BCUT2D eigenvalue weighted by molar-refractivity contribution is 5.99. The van der Waals surface area contributed by atoms with Gasteiger partial charge in [-0.25, -0.2) is 0 Å². The molecule has 2 nitrogen and oxygen atoms in total. The first-order chi connectivity index (χ1) is 8.81. The van der Waals surface area contributed by atoms with Crippen molar-refractivity contribution in [3.63, 3.8) is 0 Å². The van der Waals surface area contributed by atoms with Crippen LogP contribution in [0.4, 0.5) is 13.2 Å². The summed E-state index contributed by atoms with van der Waals surface area (Å²) in [5.41, 5.74) is -0.982. The van der Waals surface area contributed by atoms with Crippen LogP contribution in [-0.2, 0) is 6.18 Å². The van der Waals surface area contributed by atoms with E-state index in [1.54, 1.807) is 0 Å². The molecule has 1 aromatic rings. The van der Waals surface area contributed by atoms with Gasteiger partial charge in [-0.1, -0.05) is 38.8 Å².